The van der Waals surface area contributed by atoms with Gasteiger partial charge < -0.3 is 10.3 Å². The van der Waals surface area contributed by atoms with Crippen LogP contribution in [0, 0.1) is 31.0 Å². The molecule has 0 aliphatic carbocycles. The molecule has 0 radical (unpaired) electrons. The molecule has 0 saturated heterocycles. The van der Waals surface area contributed by atoms with E-state index in [1.807, 2.05) is 45.0 Å². The van der Waals surface area contributed by atoms with Crippen LogP contribution in [-0.2, 0) is 4.79 Å². The molecule has 3 heterocycles. The van der Waals surface area contributed by atoms with Gasteiger partial charge in [0, 0.05) is 40.4 Å². The topological polar surface area (TPSA) is 99.3 Å². The number of H-pyrrole nitrogens is 2. The van der Waals surface area contributed by atoms with E-state index in [2.05, 4.69) is 31.4 Å². The second-order valence-electron chi connectivity index (χ2n) is 9.70. The average molecular weight is 519 g/mol. The highest BCUT2D eigenvalue weighted by molar-refractivity contribution is 5.95. The summed E-state index contributed by atoms with van der Waals surface area (Å²) in [6, 6.07) is 14.3. The smallest absolute Gasteiger partial charge is 0.224 e. The Morgan fingerprint density at radius 3 is 2.74 bits per heavy atom. The van der Waals surface area contributed by atoms with Crippen LogP contribution in [0.1, 0.15) is 37.2 Å². The van der Waals surface area contributed by atoms with Crippen LogP contribution in [0.3, 0.4) is 0 Å². The van der Waals surface area contributed by atoms with Crippen molar-refractivity contribution in [2.75, 3.05) is 5.32 Å². The fourth-order valence-electron chi connectivity index (χ4n) is 4.49. The molecule has 8 heteroatoms. The lowest BCUT2D eigenvalue weighted by molar-refractivity contribution is -0.116. The normalized spacial score (nSPS) is 11.6. The van der Waals surface area contributed by atoms with Gasteiger partial charge in [0.25, 0.3) is 0 Å². The molecule has 7 nitrogen and oxygen atoms in total. The third-order valence-electron chi connectivity index (χ3n) is 6.27. The van der Waals surface area contributed by atoms with E-state index in [1.54, 1.807) is 30.6 Å². The Morgan fingerprint density at radius 2 is 1.97 bits per heavy atom. The van der Waals surface area contributed by atoms with Crippen LogP contribution in [-0.4, -0.2) is 31.1 Å². The highest BCUT2D eigenvalue weighted by Gasteiger charge is 2.19. The fourth-order valence-corrected chi connectivity index (χ4v) is 4.49. The van der Waals surface area contributed by atoms with E-state index in [4.69, 9.17) is 11.4 Å². The molecular formula is C31H27FN6O. The minimum absolute atomic E-state index is 0.0471. The number of allylic oxidation sites excluding steroid dienone is 1. The van der Waals surface area contributed by atoms with Gasteiger partial charge in [0.15, 0.2) is 5.82 Å². The van der Waals surface area contributed by atoms with Crippen molar-refractivity contribution < 1.29 is 9.18 Å². The maximum Gasteiger partial charge on any atom is 0.224 e. The lowest BCUT2D eigenvalue weighted by atomic mass is 10.0. The fraction of sp³-hybridized carbons (Fsp3) is 0.161. The predicted molar refractivity (Wildman–Crippen MR) is 152 cm³/mol. The van der Waals surface area contributed by atoms with Gasteiger partial charge in [-0.3, -0.25) is 14.9 Å². The average Bonchev–Trinajstić information content (AvgIpc) is 3.50. The lowest BCUT2D eigenvalue weighted by Crippen LogP contribution is -2.13. The summed E-state index contributed by atoms with van der Waals surface area (Å²) in [4.78, 5) is 24.6. The number of hydrogen-bond acceptors (Lipinski definition) is 4. The number of fused-ring (bicyclic) bond motifs is 1. The summed E-state index contributed by atoms with van der Waals surface area (Å²) < 4.78 is 14.6. The Labute approximate surface area is 225 Å². The number of aryl methyl sites for hydroxylation is 1. The van der Waals surface area contributed by atoms with E-state index >= 15 is 0 Å². The number of aromatic amines is 2. The van der Waals surface area contributed by atoms with Crippen LogP contribution >= 0.6 is 0 Å². The van der Waals surface area contributed by atoms with Crippen molar-refractivity contribution in [1.29, 1.82) is 0 Å². The molecule has 0 atom stereocenters. The van der Waals surface area contributed by atoms with Gasteiger partial charge in [-0.05, 0) is 48.7 Å². The molecule has 3 aromatic heterocycles. The zero-order valence-corrected chi connectivity index (χ0v) is 21.8. The number of carbonyl (C=O) groups excluding carboxylic acids is 1. The molecule has 0 saturated carbocycles. The minimum atomic E-state index is -0.381. The summed E-state index contributed by atoms with van der Waals surface area (Å²) in [6.45, 7) is 5.87. The standard InChI is InChI=1S/C31H27FN6O/c1-5-8-24(23-9-6-7-10-26(23)32)29-19(4)34-31(36-29)30-25-15-20(11-12-27(25)37-38-30)21-14-22(17-33-16-21)35-28(39)13-18(2)3/h1,6-12,14-18H,13H2,2-4H3,(H,34,36)(H,35,39)(H,37,38)/b24-8-. The van der Waals surface area contributed by atoms with Gasteiger partial charge in [-0.1, -0.05) is 44.0 Å². The van der Waals surface area contributed by atoms with Gasteiger partial charge in [-0.15, -0.1) is 6.42 Å². The van der Waals surface area contributed by atoms with Crippen molar-refractivity contribution in [3.8, 4) is 35.0 Å². The Kier molecular flexibility index (Phi) is 7.06. The number of hydrogen-bond donors (Lipinski definition) is 3. The van der Waals surface area contributed by atoms with Gasteiger partial charge in [-0.25, -0.2) is 9.37 Å². The summed E-state index contributed by atoms with van der Waals surface area (Å²) >= 11 is 0. The number of anilines is 1. The molecule has 0 aliphatic heterocycles. The Balaban J connectivity index is 1.52. The summed E-state index contributed by atoms with van der Waals surface area (Å²) in [7, 11) is 0. The van der Waals surface area contributed by atoms with Gasteiger partial charge in [-0.2, -0.15) is 5.10 Å². The van der Waals surface area contributed by atoms with Crippen molar-refractivity contribution in [3.05, 3.63) is 89.8 Å². The monoisotopic (exact) mass is 518 g/mol. The van der Waals surface area contributed by atoms with Crippen molar-refractivity contribution >= 4 is 28.1 Å². The van der Waals surface area contributed by atoms with Gasteiger partial charge in [0.05, 0.1) is 23.1 Å². The number of nitrogens with one attached hydrogen (secondary N) is 3. The number of rotatable bonds is 7. The Hall–Kier alpha value is -5.03. The number of aromatic nitrogens is 5. The first-order valence-corrected chi connectivity index (χ1v) is 12.6. The molecule has 0 bridgehead atoms. The molecular weight excluding hydrogens is 491 g/mol. The number of benzene rings is 2. The molecule has 2 aromatic carbocycles. The second-order valence-corrected chi connectivity index (χ2v) is 9.70. The number of terminal acetylenes is 1. The number of amides is 1. The quantitative estimate of drug-likeness (QED) is 0.214. The lowest BCUT2D eigenvalue weighted by Gasteiger charge is -2.09. The van der Waals surface area contributed by atoms with E-state index in [0.717, 1.165) is 27.7 Å². The second kappa shape index (κ2) is 10.8. The summed E-state index contributed by atoms with van der Waals surface area (Å²) in [6.07, 6.45) is 10.9. The van der Waals surface area contributed by atoms with Crippen molar-refractivity contribution in [2.24, 2.45) is 5.92 Å². The highest BCUT2D eigenvalue weighted by Crippen LogP contribution is 2.33. The van der Waals surface area contributed by atoms with Crippen LogP contribution in [0.15, 0.2) is 67.0 Å². The summed E-state index contributed by atoms with van der Waals surface area (Å²) in [5.41, 5.74) is 6.00. The zero-order chi connectivity index (χ0) is 27.5. The van der Waals surface area contributed by atoms with Gasteiger partial charge >= 0.3 is 0 Å². The van der Waals surface area contributed by atoms with Crippen LogP contribution in [0.2, 0.25) is 0 Å². The Bertz CT molecular complexity index is 1750. The Morgan fingerprint density at radius 1 is 1.15 bits per heavy atom. The highest BCUT2D eigenvalue weighted by atomic mass is 19.1. The first-order valence-electron chi connectivity index (χ1n) is 12.6. The van der Waals surface area contributed by atoms with Crippen LogP contribution in [0.5, 0.6) is 0 Å². The third-order valence-corrected chi connectivity index (χ3v) is 6.27. The number of halogens is 1. The number of imidazole rings is 1. The first-order chi connectivity index (χ1) is 18.8. The largest absolute Gasteiger partial charge is 0.340 e. The third kappa shape index (κ3) is 5.34. The van der Waals surface area contributed by atoms with Crippen molar-refractivity contribution in [1.82, 2.24) is 25.1 Å². The summed E-state index contributed by atoms with van der Waals surface area (Å²) in [5.74, 6) is 2.87. The predicted octanol–water partition coefficient (Wildman–Crippen LogP) is 6.51. The van der Waals surface area contributed by atoms with Gasteiger partial charge in [0.1, 0.15) is 11.5 Å². The molecule has 5 aromatic rings. The van der Waals surface area contributed by atoms with Gasteiger partial charge in [0.2, 0.25) is 5.91 Å². The van der Waals surface area contributed by atoms with Crippen molar-refractivity contribution in [3.63, 3.8) is 0 Å². The molecule has 39 heavy (non-hydrogen) atoms. The number of pyridine rings is 1. The van der Waals surface area contributed by atoms with E-state index in [-0.39, 0.29) is 17.6 Å². The minimum Gasteiger partial charge on any atom is -0.340 e. The van der Waals surface area contributed by atoms with Crippen LogP contribution in [0.4, 0.5) is 10.1 Å². The summed E-state index contributed by atoms with van der Waals surface area (Å²) in [5, 5.41) is 11.3. The maximum atomic E-state index is 14.6. The number of nitrogens with zero attached hydrogens (tertiary/aromatic N) is 3. The molecule has 0 fully saturated rings. The molecule has 3 N–H and O–H groups in total. The van der Waals surface area contributed by atoms with Crippen LogP contribution < -0.4 is 5.32 Å². The SMILES string of the molecule is C#C/C=C(/c1ccccc1F)c1nc(-c2n[nH]c3ccc(-c4cncc(NC(=O)CC(C)C)c4)cc23)[nH]c1C. The maximum absolute atomic E-state index is 14.6. The van der Waals surface area contributed by atoms with E-state index < -0.39 is 0 Å². The molecule has 1 amide bonds. The molecule has 0 spiro atoms. The van der Waals surface area contributed by atoms with Crippen molar-refractivity contribution in [2.45, 2.75) is 27.2 Å². The zero-order valence-electron chi connectivity index (χ0n) is 21.8. The molecule has 194 valence electrons. The number of carbonyl (C=O) groups is 1. The molecule has 0 unspecified atom stereocenters. The van der Waals surface area contributed by atoms with Crippen LogP contribution in [0.25, 0.3) is 39.1 Å². The first kappa shape index (κ1) is 25.6. The van der Waals surface area contributed by atoms with E-state index in [0.29, 0.717) is 40.5 Å². The van der Waals surface area contributed by atoms with E-state index in [9.17, 15) is 9.18 Å². The molecule has 0 aliphatic rings. The molecule has 5 rings (SSSR count). The van der Waals surface area contributed by atoms with E-state index in [1.165, 1.54) is 12.1 Å².